The summed E-state index contributed by atoms with van der Waals surface area (Å²) in [5.41, 5.74) is 5.56. The number of halogens is 2. The fourth-order valence-corrected chi connectivity index (χ4v) is 3.90. The van der Waals surface area contributed by atoms with Gasteiger partial charge in [0.05, 0.1) is 29.5 Å². The maximum absolute atomic E-state index is 12.4. The molecule has 1 aromatic heterocycles. The highest BCUT2D eigenvalue weighted by atomic mass is 35.5. The molecule has 138 valence electrons. The summed E-state index contributed by atoms with van der Waals surface area (Å²) in [6.45, 7) is 4.50. The third-order valence-electron chi connectivity index (χ3n) is 3.74. The summed E-state index contributed by atoms with van der Waals surface area (Å²) in [6, 6.07) is 4.49. The Morgan fingerprint density at radius 3 is 2.58 bits per heavy atom. The first-order valence-corrected chi connectivity index (χ1v) is 9.39. The van der Waals surface area contributed by atoms with Crippen molar-refractivity contribution in [2.75, 3.05) is 31.2 Å². The number of nitrogens with zero attached hydrogens (tertiary/aromatic N) is 2. The highest BCUT2D eigenvalue weighted by Gasteiger charge is 2.21. The molecule has 1 aromatic carbocycles. The molecule has 26 heavy (non-hydrogen) atoms. The quantitative estimate of drug-likeness (QED) is 0.754. The van der Waals surface area contributed by atoms with Crippen LogP contribution in [0.15, 0.2) is 18.2 Å². The number of morpholine rings is 1. The van der Waals surface area contributed by atoms with Crippen LogP contribution in [-0.2, 0) is 4.74 Å². The third-order valence-corrected chi connectivity index (χ3v) is 5.50. The van der Waals surface area contributed by atoms with Crippen molar-refractivity contribution in [3.63, 3.8) is 0 Å². The number of rotatable bonds is 3. The van der Waals surface area contributed by atoms with Crippen LogP contribution in [0, 0.1) is 6.92 Å². The Morgan fingerprint density at radius 1 is 1.19 bits per heavy atom. The Balaban J connectivity index is 1.64. The summed E-state index contributed by atoms with van der Waals surface area (Å²) in [7, 11) is 0. The lowest BCUT2D eigenvalue weighted by Gasteiger charge is -2.25. The molecule has 1 aliphatic rings. The molecule has 10 heteroatoms. The molecule has 2 N–H and O–H groups in total. The van der Waals surface area contributed by atoms with Gasteiger partial charge in [-0.3, -0.25) is 20.4 Å². The molecular formula is C16H16Cl2N4O3S. The number of anilines is 1. The van der Waals surface area contributed by atoms with Crippen molar-refractivity contribution in [3.8, 4) is 0 Å². The van der Waals surface area contributed by atoms with Gasteiger partial charge in [-0.15, -0.1) is 0 Å². The van der Waals surface area contributed by atoms with E-state index in [0.29, 0.717) is 28.8 Å². The summed E-state index contributed by atoms with van der Waals surface area (Å²) in [5, 5.41) is 1.39. The van der Waals surface area contributed by atoms with Gasteiger partial charge in [-0.1, -0.05) is 34.5 Å². The maximum atomic E-state index is 12.4. The number of aromatic nitrogens is 1. The Bertz CT molecular complexity index is 837. The second-order valence-electron chi connectivity index (χ2n) is 5.54. The van der Waals surface area contributed by atoms with Crippen molar-refractivity contribution < 1.29 is 14.3 Å². The molecule has 1 aliphatic heterocycles. The molecule has 3 rings (SSSR count). The normalized spacial score (nSPS) is 14.2. The van der Waals surface area contributed by atoms with Crippen LogP contribution < -0.4 is 15.8 Å². The van der Waals surface area contributed by atoms with Crippen LogP contribution in [-0.4, -0.2) is 43.1 Å². The van der Waals surface area contributed by atoms with Gasteiger partial charge in [0.2, 0.25) is 0 Å². The van der Waals surface area contributed by atoms with Gasteiger partial charge in [-0.05, 0) is 25.1 Å². The number of nitrogens with one attached hydrogen (secondary N) is 2. The molecule has 7 nitrogen and oxygen atoms in total. The standard InChI is InChI=1S/C16H16Cl2N4O3S/c1-9-13(26-16(19-9)22-4-6-25-7-5-22)15(24)21-20-14(23)11-3-2-10(17)8-12(11)18/h2-3,8H,4-7H2,1H3,(H,20,23)(H,21,24). The highest BCUT2D eigenvalue weighted by molar-refractivity contribution is 7.17. The molecule has 0 aliphatic carbocycles. The molecular weight excluding hydrogens is 399 g/mol. The number of hydrogen-bond donors (Lipinski definition) is 2. The van der Waals surface area contributed by atoms with Crippen LogP contribution in [0.5, 0.6) is 0 Å². The molecule has 0 saturated carbocycles. The zero-order chi connectivity index (χ0) is 18.7. The average Bonchev–Trinajstić information content (AvgIpc) is 3.02. The van der Waals surface area contributed by atoms with Crippen molar-refractivity contribution in [1.29, 1.82) is 0 Å². The molecule has 2 aromatic rings. The minimum atomic E-state index is -0.532. The number of hydrazine groups is 1. The predicted molar refractivity (Wildman–Crippen MR) is 101 cm³/mol. The van der Waals surface area contributed by atoms with Gasteiger partial charge in [0.25, 0.3) is 11.8 Å². The van der Waals surface area contributed by atoms with E-state index in [1.807, 2.05) is 0 Å². The smallest absolute Gasteiger partial charge is 0.281 e. The number of carbonyl (C=O) groups excluding carboxylic acids is 2. The fourth-order valence-electron chi connectivity index (χ4n) is 2.39. The number of amides is 2. The van der Waals surface area contributed by atoms with E-state index in [2.05, 4.69) is 20.7 Å². The van der Waals surface area contributed by atoms with Gasteiger partial charge in [0.1, 0.15) is 4.88 Å². The van der Waals surface area contributed by atoms with Crippen molar-refractivity contribution in [1.82, 2.24) is 15.8 Å². The molecule has 0 atom stereocenters. The summed E-state index contributed by atoms with van der Waals surface area (Å²) in [5.74, 6) is -0.964. The Morgan fingerprint density at radius 2 is 1.88 bits per heavy atom. The van der Waals surface area contributed by atoms with E-state index in [0.717, 1.165) is 18.2 Å². The summed E-state index contributed by atoms with van der Waals surface area (Å²) < 4.78 is 5.32. The number of benzene rings is 1. The van der Waals surface area contributed by atoms with E-state index < -0.39 is 11.8 Å². The van der Waals surface area contributed by atoms with Crippen LogP contribution in [0.25, 0.3) is 0 Å². The van der Waals surface area contributed by atoms with Crippen LogP contribution in [0.2, 0.25) is 10.0 Å². The third kappa shape index (κ3) is 4.27. The SMILES string of the molecule is Cc1nc(N2CCOCC2)sc1C(=O)NNC(=O)c1ccc(Cl)cc1Cl. The number of thiazole rings is 1. The van der Waals surface area contributed by atoms with Crippen molar-refractivity contribution in [3.05, 3.63) is 44.4 Å². The topological polar surface area (TPSA) is 83.6 Å². The largest absolute Gasteiger partial charge is 0.378 e. The van der Waals surface area contributed by atoms with E-state index >= 15 is 0 Å². The van der Waals surface area contributed by atoms with Gasteiger partial charge in [0, 0.05) is 18.1 Å². The van der Waals surface area contributed by atoms with Gasteiger partial charge in [-0.25, -0.2) is 4.98 Å². The number of ether oxygens (including phenoxy) is 1. The maximum Gasteiger partial charge on any atom is 0.281 e. The first kappa shape index (κ1) is 18.9. The molecule has 0 spiro atoms. The van der Waals surface area contributed by atoms with Crippen molar-refractivity contribution in [2.45, 2.75) is 6.92 Å². The number of hydrogen-bond acceptors (Lipinski definition) is 6. The van der Waals surface area contributed by atoms with Gasteiger partial charge >= 0.3 is 0 Å². The lowest BCUT2D eigenvalue weighted by atomic mass is 10.2. The first-order chi connectivity index (χ1) is 12.5. The molecule has 0 radical (unpaired) electrons. The van der Waals surface area contributed by atoms with Gasteiger partial charge < -0.3 is 9.64 Å². The van der Waals surface area contributed by atoms with E-state index in [4.69, 9.17) is 27.9 Å². The first-order valence-electron chi connectivity index (χ1n) is 7.81. The number of aryl methyl sites for hydroxylation is 1. The van der Waals surface area contributed by atoms with Gasteiger partial charge in [-0.2, -0.15) is 0 Å². The van der Waals surface area contributed by atoms with E-state index in [9.17, 15) is 9.59 Å². The zero-order valence-electron chi connectivity index (χ0n) is 13.8. The minimum absolute atomic E-state index is 0.202. The van der Waals surface area contributed by atoms with Crippen molar-refractivity contribution >= 4 is 51.5 Å². The Hall–Kier alpha value is -1.87. The second kappa shape index (κ2) is 8.22. The monoisotopic (exact) mass is 414 g/mol. The molecule has 1 saturated heterocycles. The molecule has 0 unspecified atom stereocenters. The second-order valence-corrected chi connectivity index (χ2v) is 7.36. The van der Waals surface area contributed by atoms with Gasteiger partial charge in [0.15, 0.2) is 5.13 Å². The lowest BCUT2D eigenvalue weighted by Crippen LogP contribution is -2.41. The number of carbonyl (C=O) groups is 2. The van der Waals surface area contributed by atoms with Crippen molar-refractivity contribution in [2.24, 2.45) is 0 Å². The molecule has 2 amide bonds. The predicted octanol–water partition coefficient (Wildman–Crippen LogP) is 2.67. The lowest BCUT2D eigenvalue weighted by molar-refractivity contribution is 0.0848. The molecule has 2 heterocycles. The Labute approximate surface area is 164 Å². The summed E-state index contributed by atoms with van der Waals surface area (Å²) in [4.78, 5) is 31.5. The van der Waals surface area contributed by atoms with Crippen LogP contribution >= 0.6 is 34.5 Å². The molecule has 0 bridgehead atoms. The Kier molecular flexibility index (Phi) is 5.98. The van der Waals surface area contributed by atoms with Crippen LogP contribution in [0.3, 0.4) is 0 Å². The summed E-state index contributed by atoms with van der Waals surface area (Å²) >= 11 is 13.1. The minimum Gasteiger partial charge on any atom is -0.378 e. The fraction of sp³-hybridized carbons (Fsp3) is 0.312. The van der Waals surface area contributed by atoms with E-state index in [1.165, 1.54) is 23.5 Å². The molecule has 1 fully saturated rings. The van der Waals surface area contributed by atoms with E-state index in [1.54, 1.807) is 13.0 Å². The average molecular weight is 415 g/mol. The van der Waals surface area contributed by atoms with Crippen LogP contribution in [0.4, 0.5) is 5.13 Å². The van der Waals surface area contributed by atoms with E-state index in [-0.39, 0.29) is 10.6 Å². The summed E-state index contributed by atoms with van der Waals surface area (Å²) in [6.07, 6.45) is 0. The highest BCUT2D eigenvalue weighted by Crippen LogP contribution is 2.26. The van der Waals surface area contributed by atoms with Crippen LogP contribution in [0.1, 0.15) is 25.7 Å². The zero-order valence-corrected chi connectivity index (χ0v) is 16.2.